The highest BCUT2D eigenvalue weighted by Crippen LogP contribution is 2.46. The fourth-order valence-corrected chi connectivity index (χ4v) is 4.58. The van der Waals surface area contributed by atoms with Crippen LogP contribution in [0.25, 0.3) is 0 Å². The minimum Gasteiger partial charge on any atom is -0.488 e. The Hall–Kier alpha value is -1.95. The van der Waals surface area contributed by atoms with E-state index in [9.17, 15) is 4.79 Å². The van der Waals surface area contributed by atoms with Crippen LogP contribution in [0.2, 0.25) is 0 Å². The van der Waals surface area contributed by atoms with Gasteiger partial charge in [-0.2, -0.15) is 0 Å². The molecule has 5 nitrogen and oxygen atoms in total. The standard InChI is InChI=1S/C16H16N2O3S/c19-15(14-4-2-6-20-14)18-10-16(11-18)7-13(9-22-16)21-12-3-1-5-17-8-12/h1-6,8,13H,7,9-11H2. The predicted octanol–water partition coefficient (Wildman–Crippen LogP) is 2.45. The second-order valence-corrected chi connectivity index (χ2v) is 7.25. The van der Waals surface area contributed by atoms with Crippen molar-refractivity contribution < 1.29 is 13.9 Å². The van der Waals surface area contributed by atoms with E-state index in [1.165, 1.54) is 6.26 Å². The van der Waals surface area contributed by atoms with E-state index < -0.39 is 0 Å². The molecule has 2 aliphatic heterocycles. The molecule has 1 amide bonds. The molecule has 1 spiro atoms. The van der Waals surface area contributed by atoms with Crippen LogP contribution in [0.1, 0.15) is 17.0 Å². The Morgan fingerprint density at radius 1 is 1.41 bits per heavy atom. The molecule has 2 aromatic heterocycles. The third kappa shape index (κ3) is 2.47. The minimum absolute atomic E-state index is 0.0205. The van der Waals surface area contributed by atoms with Crippen LogP contribution in [0.15, 0.2) is 47.3 Å². The Morgan fingerprint density at radius 3 is 3.05 bits per heavy atom. The fourth-order valence-electron chi connectivity index (χ4n) is 3.06. The molecule has 4 rings (SSSR count). The van der Waals surface area contributed by atoms with E-state index >= 15 is 0 Å². The Kier molecular flexibility index (Phi) is 3.33. The lowest BCUT2D eigenvalue weighted by atomic mass is 9.92. The molecule has 0 aliphatic carbocycles. The van der Waals surface area contributed by atoms with Crippen molar-refractivity contribution in [3.8, 4) is 5.75 Å². The molecule has 1 unspecified atom stereocenters. The summed E-state index contributed by atoms with van der Waals surface area (Å²) in [5.74, 6) is 2.17. The van der Waals surface area contributed by atoms with Crippen LogP contribution >= 0.6 is 11.8 Å². The van der Waals surface area contributed by atoms with Gasteiger partial charge in [-0.15, -0.1) is 11.8 Å². The number of rotatable bonds is 3. The number of likely N-dealkylation sites (tertiary alicyclic amines) is 1. The second kappa shape index (κ2) is 5.35. The van der Waals surface area contributed by atoms with Crippen molar-refractivity contribution in [3.63, 3.8) is 0 Å². The first kappa shape index (κ1) is 13.7. The molecule has 0 bridgehead atoms. The average molecular weight is 316 g/mol. The maximum absolute atomic E-state index is 12.2. The van der Waals surface area contributed by atoms with Crippen molar-refractivity contribution in [2.24, 2.45) is 0 Å². The summed E-state index contributed by atoms with van der Waals surface area (Å²) in [6.45, 7) is 1.54. The highest BCUT2D eigenvalue weighted by atomic mass is 32.2. The number of aromatic nitrogens is 1. The number of furan rings is 1. The zero-order chi connectivity index (χ0) is 15.0. The summed E-state index contributed by atoms with van der Waals surface area (Å²) in [6, 6.07) is 7.25. The number of hydrogen-bond donors (Lipinski definition) is 0. The summed E-state index contributed by atoms with van der Waals surface area (Å²) in [5.41, 5.74) is 0. The first-order valence-electron chi connectivity index (χ1n) is 7.28. The topological polar surface area (TPSA) is 55.6 Å². The van der Waals surface area contributed by atoms with E-state index in [4.69, 9.17) is 9.15 Å². The van der Waals surface area contributed by atoms with E-state index in [1.54, 1.807) is 24.5 Å². The van der Waals surface area contributed by atoms with E-state index in [2.05, 4.69) is 4.98 Å². The lowest BCUT2D eigenvalue weighted by molar-refractivity contribution is 0.0487. The van der Waals surface area contributed by atoms with Gasteiger partial charge >= 0.3 is 0 Å². The fraction of sp³-hybridized carbons (Fsp3) is 0.375. The second-order valence-electron chi connectivity index (χ2n) is 5.77. The number of ether oxygens (including phenoxy) is 1. The monoisotopic (exact) mass is 316 g/mol. The molecular weight excluding hydrogens is 300 g/mol. The third-order valence-corrected chi connectivity index (χ3v) is 5.67. The summed E-state index contributed by atoms with van der Waals surface area (Å²) in [5, 5.41) is 0. The molecule has 2 aliphatic rings. The van der Waals surface area contributed by atoms with Gasteiger partial charge in [-0.1, -0.05) is 0 Å². The highest BCUT2D eigenvalue weighted by Gasteiger charge is 2.51. The number of pyridine rings is 1. The molecule has 2 fully saturated rings. The van der Waals surface area contributed by atoms with Gasteiger partial charge in [0.05, 0.1) is 17.2 Å². The van der Waals surface area contributed by atoms with E-state index in [-0.39, 0.29) is 16.8 Å². The maximum atomic E-state index is 12.2. The van der Waals surface area contributed by atoms with Crippen LogP contribution < -0.4 is 4.74 Å². The molecule has 6 heteroatoms. The molecule has 0 radical (unpaired) electrons. The molecule has 0 N–H and O–H groups in total. The van der Waals surface area contributed by atoms with Gasteiger partial charge in [0.15, 0.2) is 5.76 Å². The summed E-state index contributed by atoms with van der Waals surface area (Å²) in [6.07, 6.45) is 6.17. The van der Waals surface area contributed by atoms with E-state index in [0.717, 1.165) is 31.0 Å². The molecule has 4 heterocycles. The van der Waals surface area contributed by atoms with Gasteiger partial charge in [0, 0.05) is 31.5 Å². The summed E-state index contributed by atoms with van der Waals surface area (Å²) in [7, 11) is 0. The van der Waals surface area contributed by atoms with Gasteiger partial charge in [0.2, 0.25) is 0 Å². The lowest BCUT2D eigenvalue weighted by Crippen LogP contribution is -2.60. The van der Waals surface area contributed by atoms with Gasteiger partial charge in [-0.05, 0) is 24.3 Å². The van der Waals surface area contributed by atoms with Crippen molar-refractivity contribution in [2.75, 3.05) is 18.8 Å². The largest absolute Gasteiger partial charge is 0.488 e. The van der Waals surface area contributed by atoms with Crippen LogP contribution in [0.5, 0.6) is 5.75 Å². The SMILES string of the molecule is O=C(c1ccco1)N1CC2(CC(Oc3cccnc3)CS2)C1. The number of hydrogen-bond acceptors (Lipinski definition) is 5. The minimum atomic E-state index is -0.0205. The smallest absolute Gasteiger partial charge is 0.289 e. The van der Waals surface area contributed by atoms with E-state index in [1.807, 2.05) is 28.8 Å². The molecule has 2 saturated heterocycles. The van der Waals surface area contributed by atoms with Crippen molar-refractivity contribution in [1.29, 1.82) is 0 Å². The number of amides is 1. The van der Waals surface area contributed by atoms with Crippen LogP contribution in [0.3, 0.4) is 0 Å². The first-order valence-corrected chi connectivity index (χ1v) is 8.26. The predicted molar refractivity (Wildman–Crippen MR) is 83.1 cm³/mol. The van der Waals surface area contributed by atoms with Crippen molar-refractivity contribution >= 4 is 17.7 Å². The summed E-state index contributed by atoms with van der Waals surface area (Å²) in [4.78, 5) is 18.1. The van der Waals surface area contributed by atoms with Gasteiger partial charge < -0.3 is 14.1 Å². The van der Waals surface area contributed by atoms with Gasteiger partial charge in [0.25, 0.3) is 5.91 Å². The Balaban J connectivity index is 1.33. The Labute approximate surface area is 132 Å². The zero-order valence-corrected chi connectivity index (χ0v) is 12.8. The average Bonchev–Trinajstić information content (AvgIpc) is 3.16. The number of carbonyl (C=O) groups excluding carboxylic acids is 1. The zero-order valence-electron chi connectivity index (χ0n) is 12.0. The molecule has 0 saturated carbocycles. The Bertz CT molecular complexity index is 653. The summed E-state index contributed by atoms with van der Waals surface area (Å²) >= 11 is 1.91. The number of thioether (sulfide) groups is 1. The maximum Gasteiger partial charge on any atom is 0.289 e. The van der Waals surface area contributed by atoms with Crippen molar-refractivity contribution in [2.45, 2.75) is 17.3 Å². The Morgan fingerprint density at radius 2 is 2.32 bits per heavy atom. The van der Waals surface area contributed by atoms with Gasteiger partial charge in [0.1, 0.15) is 11.9 Å². The lowest BCUT2D eigenvalue weighted by Gasteiger charge is -2.46. The molecule has 1 atom stereocenters. The molecule has 2 aromatic rings. The molecule has 114 valence electrons. The van der Waals surface area contributed by atoms with Crippen LogP contribution in [0.4, 0.5) is 0 Å². The summed E-state index contributed by atoms with van der Waals surface area (Å²) < 4.78 is 11.3. The normalized spacial score (nSPS) is 22.5. The number of nitrogens with zero attached hydrogens (tertiary/aromatic N) is 2. The van der Waals surface area contributed by atoms with Crippen LogP contribution in [-0.2, 0) is 0 Å². The van der Waals surface area contributed by atoms with Crippen LogP contribution in [0, 0.1) is 0 Å². The number of carbonyl (C=O) groups is 1. The quantitative estimate of drug-likeness (QED) is 0.870. The van der Waals surface area contributed by atoms with Gasteiger partial charge in [-0.25, -0.2) is 0 Å². The van der Waals surface area contributed by atoms with Gasteiger partial charge in [-0.3, -0.25) is 9.78 Å². The molecule has 22 heavy (non-hydrogen) atoms. The van der Waals surface area contributed by atoms with Crippen molar-refractivity contribution in [3.05, 3.63) is 48.7 Å². The van der Waals surface area contributed by atoms with Crippen molar-refractivity contribution in [1.82, 2.24) is 9.88 Å². The first-order chi connectivity index (χ1) is 10.7. The molecular formula is C16H16N2O3S. The third-order valence-electron chi connectivity index (χ3n) is 4.09. The van der Waals surface area contributed by atoms with Crippen LogP contribution in [-0.4, -0.2) is 45.5 Å². The molecule has 0 aromatic carbocycles. The highest BCUT2D eigenvalue weighted by molar-refractivity contribution is 8.01. The van der Waals surface area contributed by atoms with E-state index in [0.29, 0.717) is 5.76 Å².